The summed E-state index contributed by atoms with van der Waals surface area (Å²) in [6.07, 6.45) is 3.04. The van der Waals surface area contributed by atoms with Crippen LogP contribution in [-0.2, 0) is 0 Å². The molecule has 1 unspecified atom stereocenters. The number of hydrogen-bond donors (Lipinski definition) is 1. The molecule has 1 saturated carbocycles. The van der Waals surface area contributed by atoms with Gasteiger partial charge in [-0.05, 0) is 30.5 Å². The van der Waals surface area contributed by atoms with Crippen molar-refractivity contribution in [2.75, 3.05) is 0 Å². The lowest BCUT2D eigenvalue weighted by molar-refractivity contribution is 0.115. The minimum atomic E-state index is -0.869. The summed E-state index contributed by atoms with van der Waals surface area (Å²) in [4.78, 5) is 0. The number of hydrogen-bond acceptors (Lipinski definition) is 1. The van der Waals surface area contributed by atoms with Gasteiger partial charge in [0.25, 0.3) is 0 Å². The van der Waals surface area contributed by atoms with Crippen molar-refractivity contribution in [2.24, 2.45) is 5.92 Å². The van der Waals surface area contributed by atoms with E-state index in [2.05, 4.69) is 0 Å². The van der Waals surface area contributed by atoms with Gasteiger partial charge >= 0.3 is 0 Å². The van der Waals surface area contributed by atoms with Gasteiger partial charge in [0.15, 0.2) is 0 Å². The largest absolute Gasteiger partial charge is 0.388 e. The van der Waals surface area contributed by atoms with Crippen molar-refractivity contribution >= 4 is 0 Å². The van der Waals surface area contributed by atoms with Crippen LogP contribution in [0.2, 0.25) is 0 Å². The third-order valence-electron chi connectivity index (χ3n) is 3.10. The SMILES string of the molecule is OC(CC1CCC1)c1cc(F)ccc1F. The van der Waals surface area contributed by atoms with E-state index in [4.69, 9.17) is 0 Å². The van der Waals surface area contributed by atoms with Crippen molar-refractivity contribution in [3.8, 4) is 0 Å². The van der Waals surface area contributed by atoms with Gasteiger partial charge in [0, 0.05) is 5.56 Å². The second-order valence-electron chi connectivity index (χ2n) is 4.21. The standard InChI is InChI=1S/C12H14F2O/c13-9-4-5-11(14)10(7-9)12(15)6-8-2-1-3-8/h4-5,7-8,12,15H,1-3,6H2. The molecule has 82 valence electrons. The van der Waals surface area contributed by atoms with Crippen molar-refractivity contribution in [1.29, 1.82) is 0 Å². The molecule has 0 aromatic heterocycles. The Morgan fingerprint density at radius 1 is 1.33 bits per heavy atom. The zero-order chi connectivity index (χ0) is 10.8. The van der Waals surface area contributed by atoms with Crippen molar-refractivity contribution < 1.29 is 13.9 Å². The summed E-state index contributed by atoms with van der Waals surface area (Å²) in [6, 6.07) is 3.21. The molecule has 1 aliphatic rings. The Bertz CT molecular complexity index is 347. The van der Waals surface area contributed by atoms with Crippen molar-refractivity contribution in [2.45, 2.75) is 31.8 Å². The van der Waals surface area contributed by atoms with E-state index in [1.165, 1.54) is 6.42 Å². The van der Waals surface area contributed by atoms with Crippen molar-refractivity contribution in [3.05, 3.63) is 35.4 Å². The van der Waals surface area contributed by atoms with Crippen LogP contribution in [0.1, 0.15) is 37.4 Å². The Morgan fingerprint density at radius 2 is 2.07 bits per heavy atom. The van der Waals surface area contributed by atoms with E-state index >= 15 is 0 Å². The second-order valence-corrected chi connectivity index (χ2v) is 4.21. The highest BCUT2D eigenvalue weighted by molar-refractivity contribution is 5.21. The van der Waals surface area contributed by atoms with Gasteiger partial charge in [0.05, 0.1) is 6.10 Å². The van der Waals surface area contributed by atoms with Gasteiger partial charge in [-0.15, -0.1) is 0 Å². The first-order valence-corrected chi connectivity index (χ1v) is 5.30. The van der Waals surface area contributed by atoms with Crippen LogP contribution >= 0.6 is 0 Å². The molecule has 2 rings (SSSR count). The van der Waals surface area contributed by atoms with Crippen LogP contribution in [0.4, 0.5) is 8.78 Å². The Balaban J connectivity index is 2.09. The Hall–Kier alpha value is -0.960. The van der Waals surface area contributed by atoms with Gasteiger partial charge in [-0.2, -0.15) is 0 Å². The first kappa shape index (κ1) is 10.6. The van der Waals surface area contributed by atoms with Gasteiger partial charge in [0.2, 0.25) is 0 Å². The summed E-state index contributed by atoms with van der Waals surface area (Å²) in [5.41, 5.74) is 0.0851. The van der Waals surface area contributed by atoms with Crippen molar-refractivity contribution in [1.82, 2.24) is 0 Å². The highest BCUT2D eigenvalue weighted by atomic mass is 19.1. The topological polar surface area (TPSA) is 20.2 Å². The average Bonchev–Trinajstić information content (AvgIpc) is 2.15. The Morgan fingerprint density at radius 3 is 2.67 bits per heavy atom. The van der Waals surface area contributed by atoms with Crippen LogP contribution in [0.15, 0.2) is 18.2 Å². The maximum atomic E-state index is 13.3. The smallest absolute Gasteiger partial charge is 0.129 e. The van der Waals surface area contributed by atoms with Crippen LogP contribution in [0, 0.1) is 17.6 Å². The fourth-order valence-corrected chi connectivity index (χ4v) is 1.94. The number of benzene rings is 1. The van der Waals surface area contributed by atoms with E-state index in [1.54, 1.807) is 0 Å². The summed E-state index contributed by atoms with van der Waals surface area (Å²) >= 11 is 0. The predicted octanol–water partition coefficient (Wildman–Crippen LogP) is 3.19. The van der Waals surface area contributed by atoms with E-state index in [9.17, 15) is 13.9 Å². The monoisotopic (exact) mass is 212 g/mol. The lowest BCUT2D eigenvalue weighted by atomic mass is 9.80. The summed E-state index contributed by atoms with van der Waals surface area (Å²) in [5, 5.41) is 9.75. The number of aliphatic hydroxyl groups excluding tert-OH is 1. The van der Waals surface area contributed by atoms with Crippen LogP contribution < -0.4 is 0 Å². The quantitative estimate of drug-likeness (QED) is 0.815. The zero-order valence-electron chi connectivity index (χ0n) is 8.42. The molecule has 0 spiro atoms. The van der Waals surface area contributed by atoms with Crippen molar-refractivity contribution in [3.63, 3.8) is 0 Å². The maximum Gasteiger partial charge on any atom is 0.129 e. The molecule has 1 aliphatic carbocycles. The number of halogens is 2. The molecule has 1 fully saturated rings. The van der Waals surface area contributed by atoms with Gasteiger partial charge < -0.3 is 5.11 Å². The molecule has 1 atom stereocenters. The average molecular weight is 212 g/mol. The van der Waals surface area contributed by atoms with Gasteiger partial charge in [-0.1, -0.05) is 19.3 Å². The summed E-state index contributed by atoms with van der Waals surface area (Å²) in [5.74, 6) is -0.551. The first-order valence-electron chi connectivity index (χ1n) is 5.30. The maximum absolute atomic E-state index is 13.3. The molecule has 1 aromatic rings. The van der Waals surface area contributed by atoms with Gasteiger partial charge in [-0.3, -0.25) is 0 Å². The van der Waals surface area contributed by atoms with E-state index in [0.29, 0.717) is 12.3 Å². The number of rotatable bonds is 3. The third kappa shape index (κ3) is 2.34. The molecule has 0 saturated heterocycles. The Labute approximate surface area is 87.7 Å². The predicted molar refractivity (Wildman–Crippen MR) is 53.3 cm³/mol. The molecule has 0 heterocycles. The third-order valence-corrected chi connectivity index (χ3v) is 3.10. The molecule has 15 heavy (non-hydrogen) atoms. The minimum absolute atomic E-state index is 0.0851. The number of aliphatic hydroxyl groups is 1. The molecular weight excluding hydrogens is 198 g/mol. The van der Waals surface area contributed by atoms with Gasteiger partial charge in [-0.25, -0.2) is 8.78 Å². The second kappa shape index (κ2) is 4.27. The van der Waals surface area contributed by atoms with Crippen LogP contribution in [-0.4, -0.2) is 5.11 Å². The fourth-order valence-electron chi connectivity index (χ4n) is 1.94. The molecule has 3 heteroatoms. The molecule has 0 bridgehead atoms. The lowest BCUT2D eigenvalue weighted by Crippen LogP contribution is -2.15. The summed E-state index contributed by atoms with van der Waals surface area (Å²) in [7, 11) is 0. The van der Waals surface area contributed by atoms with Gasteiger partial charge in [0.1, 0.15) is 11.6 Å². The van der Waals surface area contributed by atoms with E-state index < -0.39 is 17.7 Å². The summed E-state index contributed by atoms with van der Waals surface area (Å²) < 4.78 is 26.1. The van der Waals surface area contributed by atoms with E-state index in [1.807, 2.05) is 0 Å². The minimum Gasteiger partial charge on any atom is -0.388 e. The van der Waals surface area contributed by atoms with Crippen LogP contribution in [0.5, 0.6) is 0 Å². The molecule has 0 aliphatic heterocycles. The molecule has 1 aromatic carbocycles. The summed E-state index contributed by atoms with van der Waals surface area (Å²) in [6.45, 7) is 0. The fraction of sp³-hybridized carbons (Fsp3) is 0.500. The highest BCUT2D eigenvalue weighted by Gasteiger charge is 2.23. The lowest BCUT2D eigenvalue weighted by Gasteiger charge is -2.27. The molecule has 1 N–H and O–H groups in total. The van der Waals surface area contributed by atoms with Crippen LogP contribution in [0.25, 0.3) is 0 Å². The molecular formula is C12H14F2O. The first-order chi connectivity index (χ1) is 7.16. The zero-order valence-corrected chi connectivity index (χ0v) is 8.42. The van der Waals surface area contributed by atoms with Crippen LogP contribution in [0.3, 0.4) is 0 Å². The highest BCUT2D eigenvalue weighted by Crippen LogP contribution is 2.35. The van der Waals surface area contributed by atoms with E-state index in [-0.39, 0.29) is 5.56 Å². The Kier molecular flexibility index (Phi) is 3.00. The molecule has 0 radical (unpaired) electrons. The molecule has 1 nitrogen and oxygen atoms in total. The normalized spacial score (nSPS) is 18.6. The molecule has 0 amide bonds. The van der Waals surface area contributed by atoms with E-state index in [0.717, 1.165) is 31.0 Å².